The second kappa shape index (κ2) is 7.25. The average molecular weight is 324 g/mol. The number of hydrogen-bond acceptors (Lipinski definition) is 2. The molecular formula is C21H41NO. The molecule has 2 heteroatoms. The first-order valence-electron chi connectivity index (χ1n) is 9.61. The summed E-state index contributed by atoms with van der Waals surface area (Å²) in [5.74, 6) is 1.26. The van der Waals surface area contributed by atoms with E-state index < -0.39 is 0 Å². The highest BCUT2D eigenvalue weighted by atomic mass is 16.1. The summed E-state index contributed by atoms with van der Waals surface area (Å²) in [5.41, 5.74) is 0.122. The Morgan fingerprint density at radius 2 is 1.57 bits per heavy atom. The molecule has 1 saturated carbocycles. The summed E-state index contributed by atoms with van der Waals surface area (Å²) in [4.78, 5) is 15.6. The maximum absolute atomic E-state index is 13.1. The van der Waals surface area contributed by atoms with Crippen LogP contribution in [0.4, 0.5) is 0 Å². The number of rotatable bonds is 7. The van der Waals surface area contributed by atoms with Gasteiger partial charge in [-0.1, -0.05) is 48.0 Å². The third kappa shape index (κ3) is 5.31. The van der Waals surface area contributed by atoms with Gasteiger partial charge in [0, 0.05) is 11.0 Å². The molecule has 1 aliphatic rings. The predicted molar refractivity (Wildman–Crippen MR) is 101 cm³/mol. The molecule has 0 unspecified atom stereocenters. The van der Waals surface area contributed by atoms with E-state index in [4.69, 9.17) is 0 Å². The Labute approximate surface area is 145 Å². The highest BCUT2D eigenvalue weighted by Crippen LogP contribution is 2.45. The highest BCUT2D eigenvalue weighted by molar-refractivity contribution is 5.88. The average Bonchev–Trinajstić information content (AvgIpc) is 2.27. The van der Waals surface area contributed by atoms with Crippen molar-refractivity contribution in [3.8, 4) is 0 Å². The topological polar surface area (TPSA) is 20.3 Å². The van der Waals surface area contributed by atoms with Gasteiger partial charge in [0.25, 0.3) is 0 Å². The molecule has 136 valence electrons. The van der Waals surface area contributed by atoms with Crippen LogP contribution in [0.2, 0.25) is 0 Å². The molecule has 1 fully saturated rings. The first kappa shape index (κ1) is 20.7. The normalized spacial score (nSPS) is 18.9. The van der Waals surface area contributed by atoms with Crippen LogP contribution >= 0.6 is 0 Å². The van der Waals surface area contributed by atoms with E-state index in [1.54, 1.807) is 0 Å². The Morgan fingerprint density at radius 1 is 1.04 bits per heavy atom. The number of likely N-dealkylation sites (N-methyl/N-ethyl adjacent to an activating group) is 1. The Balaban J connectivity index is 2.93. The van der Waals surface area contributed by atoms with Crippen LogP contribution in [-0.4, -0.2) is 28.8 Å². The lowest BCUT2D eigenvalue weighted by molar-refractivity contribution is -0.134. The van der Waals surface area contributed by atoms with E-state index in [0.717, 1.165) is 25.3 Å². The van der Waals surface area contributed by atoms with E-state index in [1.807, 2.05) is 0 Å². The number of hydrogen-bond donors (Lipinski definition) is 0. The van der Waals surface area contributed by atoms with E-state index in [1.165, 1.54) is 19.3 Å². The van der Waals surface area contributed by atoms with Crippen LogP contribution in [0.5, 0.6) is 0 Å². The number of carbonyl (C=O) groups excluding carboxylic acids is 1. The van der Waals surface area contributed by atoms with Gasteiger partial charge in [-0.25, -0.2) is 0 Å². The van der Waals surface area contributed by atoms with Crippen molar-refractivity contribution >= 4 is 5.78 Å². The van der Waals surface area contributed by atoms with Gasteiger partial charge in [-0.05, 0) is 64.3 Å². The van der Waals surface area contributed by atoms with Crippen LogP contribution in [0.3, 0.4) is 0 Å². The summed E-state index contributed by atoms with van der Waals surface area (Å²) < 4.78 is 0. The standard InChI is InChI=1S/C21H41NO/c1-10-22(20(5,6)7)17(18(23)19(2,3)4)14-15-21(8,9)16-12-11-13-16/h16-17H,10-15H2,1-9H3/t17-/m0/s1. The van der Waals surface area contributed by atoms with Crippen LogP contribution in [-0.2, 0) is 4.79 Å². The highest BCUT2D eigenvalue weighted by Gasteiger charge is 2.40. The first-order chi connectivity index (χ1) is 10.3. The molecule has 1 rings (SSSR count). The molecule has 0 aliphatic heterocycles. The van der Waals surface area contributed by atoms with Crippen molar-refractivity contribution in [1.82, 2.24) is 4.90 Å². The predicted octanol–water partition coefficient (Wildman–Crippen LogP) is 5.70. The van der Waals surface area contributed by atoms with Gasteiger partial charge in [0.1, 0.15) is 0 Å². The maximum Gasteiger partial charge on any atom is 0.155 e. The Bertz CT molecular complexity index is 393. The van der Waals surface area contributed by atoms with Crippen molar-refractivity contribution < 1.29 is 4.79 Å². The minimum atomic E-state index is -0.274. The van der Waals surface area contributed by atoms with Crippen molar-refractivity contribution in [1.29, 1.82) is 0 Å². The SMILES string of the molecule is CCN([C@@H](CCC(C)(C)C1CCC1)C(=O)C(C)(C)C)C(C)(C)C. The van der Waals surface area contributed by atoms with E-state index in [0.29, 0.717) is 11.2 Å². The third-order valence-electron chi connectivity index (χ3n) is 5.89. The second-order valence-corrected chi connectivity index (χ2v) is 10.2. The largest absolute Gasteiger partial charge is 0.297 e. The molecule has 0 aromatic carbocycles. The lowest BCUT2D eigenvalue weighted by Gasteiger charge is -2.45. The first-order valence-corrected chi connectivity index (χ1v) is 9.61. The molecule has 0 heterocycles. The van der Waals surface area contributed by atoms with Gasteiger partial charge in [-0.2, -0.15) is 0 Å². The van der Waals surface area contributed by atoms with Gasteiger partial charge in [0.2, 0.25) is 0 Å². The van der Waals surface area contributed by atoms with Gasteiger partial charge in [0.05, 0.1) is 6.04 Å². The number of Topliss-reactive ketones (excluding diaryl/α,β-unsaturated/α-hetero) is 1. The lowest BCUT2D eigenvalue weighted by atomic mass is 9.64. The molecule has 0 spiro atoms. The van der Waals surface area contributed by atoms with Crippen LogP contribution in [0.25, 0.3) is 0 Å². The second-order valence-electron chi connectivity index (χ2n) is 10.2. The van der Waals surface area contributed by atoms with E-state index in [2.05, 4.69) is 67.2 Å². The summed E-state index contributed by atoms with van der Waals surface area (Å²) in [5, 5.41) is 0. The molecule has 0 N–H and O–H groups in total. The fourth-order valence-electron chi connectivity index (χ4n) is 3.99. The minimum absolute atomic E-state index is 0.0287. The smallest absolute Gasteiger partial charge is 0.155 e. The summed E-state index contributed by atoms with van der Waals surface area (Å²) in [6.07, 6.45) is 6.28. The molecule has 0 amide bonds. The van der Waals surface area contributed by atoms with E-state index >= 15 is 0 Å². The fraction of sp³-hybridized carbons (Fsp3) is 0.952. The van der Waals surface area contributed by atoms with Crippen LogP contribution < -0.4 is 0 Å². The Kier molecular flexibility index (Phi) is 6.52. The fourth-order valence-corrected chi connectivity index (χ4v) is 3.99. The zero-order valence-corrected chi connectivity index (χ0v) is 17.3. The Hall–Kier alpha value is -0.370. The molecule has 2 nitrogen and oxygen atoms in total. The van der Waals surface area contributed by atoms with Gasteiger partial charge in [0.15, 0.2) is 5.78 Å². The molecule has 0 bridgehead atoms. The summed E-state index contributed by atoms with van der Waals surface area (Å²) in [7, 11) is 0. The number of ketones is 1. The molecule has 1 aliphatic carbocycles. The van der Waals surface area contributed by atoms with Crippen LogP contribution in [0.1, 0.15) is 94.4 Å². The van der Waals surface area contributed by atoms with Crippen molar-refractivity contribution in [2.45, 2.75) is 106 Å². The zero-order valence-electron chi connectivity index (χ0n) is 17.3. The van der Waals surface area contributed by atoms with Crippen LogP contribution in [0.15, 0.2) is 0 Å². The molecule has 0 radical (unpaired) electrons. The van der Waals surface area contributed by atoms with Gasteiger partial charge in [-0.3, -0.25) is 9.69 Å². The summed E-state index contributed by atoms with van der Waals surface area (Å²) in [6.45, 7) is 20.8. The van der Waals surface area contributed by atoms with Crippen molar-refractivity contribution in [2.24, 2.45) is 16.7 Å². The maximum atomic E-state index is 13.1. The lowest BCUT2D eigenvalue weighted by Crippen LogP contribution is -2.54. The molecule has 0 saturated heterocycles. The van der Waals surface area contributed by atoms with Crippen molar-refractivity contribution in [2.75, 3.05) is 6.54 Å². The van der Waals surface area contributed by atoms with Gasteiger partial charge in [-0.15, -0.1) is 0 Å². The van der Waals surface area contributed by atoms with Gasteiger partial charge < -0.3 is 0 Å². The summed E-state index contributed by atoms with van der Waals surface area (Å²) in [6, 6.07) is 0.0411. The van der Waals surface area contributed by atoms with E-state index in [-0.39, 0.29) is 17.0 Å². The molecule has 0 aromatic heterocycles. The molecular weight excluding hydrogens is 282 g/mol. The number of nitrogens with zero attached hydrogens (tertiary/aromatic N) is 1. The third-order valence-corrected chi connectivity index (χ3v) is 5.89. The Morgan fingerprint density at radius 3 is 1.87 bits per heavy atom. The molecule has 1 atom stereocenters. The summed E-state index contributed by atoms with van der Waals surface area (Å²) >= 11 is 0. The molecule has 23 heavy (non-hydrogen) atoms. The van der Waals surface area contributed by atoms with Gasteiger partial charge >= 0.3 is 0 Å². The van der Waals surface area contributed by atoms with Crippen LogP contribution in [0, 0.1) is 16.7 Å². The monoisotopic (exact) mass is 323 g/mol. The number of carbonyl (C=O) groups is 1. The van der Waals surface area contributed by atoms with Crippen molar-refractivity contribution in [3.05, 3.63) is 0 Å². The van der Waals surface area contributed by atoms with Crippen molar-refractivity contribution in [3.63, 3.8) is 0 Å². The minimum Gasteiger partial charge on any atom is -0.297 e. The quantitative estimate of drug-likeness (QED) is 0.599. The zero-order chi connectivity index (χ0) is 18.1. The van der Waals surface area contributed by atoms with E-state index in [9.17, 15) is 4.79 Å². The molecule has 0 aromatic rings.